The molecule has 3 aromatic rings. The Labute approximate surface area is 162 Å². The van der Waals surface area contributed by atoms with Gasteiger partial charge in [0.1, 0.15) is 23.4 Å². The number of hydrogen-bond acceptors (Lipinski definition) is 6. The van der Waals surface area contributed by atoms with E-state index in [-0.39, 0.29) is 18.0 Å². The van der Waals surface area contributed by atoms with Crippen LogP contribution >= 0.6 is 0 Å². The first-order chi connectivity index (χ1) is 13.4. The highest BCUT2D eigenvalue weighted by Gasteiger charge is 2.27. The molecule has 2 aromatic carbocycles. The Kier molecular flexibility index (Phi) is 5.90. The summed E-state index contributed by atoms with van der Waals surface area (Å²) in [6, 6.07) is 10.3. The fourth-order valence-electron chi connectivity index (χ4n) is 2.70. The second kappa shape index (κ2) is 8.36. The Balaban J connectivity index is 1.97. The highest BCUT2D eigenvalue weighted by atomic mass is 32.2. The lowest BCUT2D eigenvalue weighted by atomic mass is 10.1. The number of aromatic nitrogens is 3. The minimum absolute atomic E-state index is 0.0983. The maximum Gasteiger partial charge on any atom is 0.244 e. The van der Waals surface area contributed by atoms with Crippen molar-refractivity contribution in [1.29, 1.82) is 0 Å². The molecule has 0 bridgehead atoms. The Morgan fingerprint density at radius 3 is 2.43 bits per heavy atom. The highest BCUT2D eigenvalue weighted by molar-refractivity contribution is 7.89. The predicted octanol–water partition coefficient (Wildman–Crippen LogP) is 2.15. The third kappa shape index (κ3) is 4.29. The average Bonchev–Trinajstić information content (AvgIpc) is 3.20. The van der Waals surface area contributed by atoms with E-state index in [1.807, 2.05) is 6.07 Å². The van der Waals surface area contributed by atoms with E-state index >= 15 is 0 Å². The van der Waals surface area contributed by atoms with Crippen LogP contribution in [0.3, 0.4) is 0 Å². The van der Waals surface area contributed by atoms with Gasteiger partial charge in [-0.15, -0.1) is 0 Å². The van der Waals surface area contributed by atoms with Crippen LogP contribution in [0, 0.1) is 5.82 Å². The van der Waals surface area contributed by atoms with Gasteiger partial charge in [0.15, 0.2) is 11.5 Å². The Morgan fingerprint density at radius 2 is 1.82 bits per heavy atom. The molecule has 0 radical (unpaired) electrons. The summed E-state index contributed by atoms with van der Waals surface area (Å²) in [6.45, 7) is 0.179. The number of halogens is 1. The minimum Gasteiger partial charge on any atom is -0.493 e. The van der Waals surface area contributed by atoms with Gasteiger partial charge in [-0.05, 0) is 5.56 Å². The third-order valence-corrected chi connectivity index (χ3v) is 5.55. The smallest absolute Gasteiger partial charge is 0.244 e. The van der Waals surface area contributed by atoms with Crippen molar-refractivity contribution < 1.29 is 22.3 Å². The van der Waals surface area contributed by atoms with Gasteiger partial charge in [-0.1, -0.05) is 30.3 Å². The number of methoxy groups -OCH3 is 2. The lowest BCUT2D eigenvalue weighted by molar-refractivity contribution is 0.350. The van der Waals surface area contributed by atoms with E-state index in [1.54, 1.807) is 24.3 Å². The van der Waals surface area contributed by atoms with E-state index < -0.39 is 26.8 Å². The van der Waals surface area contributed by atoms with E-state index in [1.165, 1.54) is 31.6 Å². The molecule has 28 heavy (non-hydrogen) atoms. The number of nitrogens with one attached hydrogen (secondary N) is 1. The van der Waals surface area contributed by atoms with Crippen molar-refractivity contribution in [3.8, 4) is 11.5 Å². The number of rotatable bonds is 8. The number of sulfonamides is 1. The maximum absolute atomic E-state index is 14.5. The largest absolute Gasteiger partial charge is 0.493 e. The van der Waals surface area contributed by atoms with Crippen molar-refractivity contribution in [2.75, 3.05) is 14.2 Å². The summed E-state index contributed by atoms with van der Waals surface area (Å²) in [6.07, 6.45) is 2.83. The predicted molar refractivity (Wildman–Crippen MR) is 99.0 cm³/mol. The standard InChI is InChI=1S/C18H19FN4O4S/c1-26-16-8-14(19)18(9-17(16)27-2)28(24,25)22-15(10-23-12-20-11-21-23)13-6-4-3-5-7-13/h3-9,11-12,15,22H,10H2,1-2H3. The molecule has 0 amide bonds. The summed E-state index contributed by atoms with van der Waals surface area (Å²) >= 11 is 0. The summed E-state index contributed by atoms with van der Waals surface area (Å²) in [5, 5.41) is 4.01. The molecule has 1 heterocycles. The molecule has 0 spiro atoms. The van der Waals surface area contributed by atoms with E-state index in [0.717, 1.165) is 12.1 Å². The number of hydrogen-bond donors (Lipinski definition) is 1. The summed E-state index contributed by atoms with van der Waals surface area (Å²) in [4.78, 5) is 3.33. The molecule has 0 aliphatic carbocycles. The average molecular weight is 406 g/mol. The van der Waals surface area contributed by atoms with Gasteiger partial charge in [0.2, 0.25) is 10.0 Å². The fourth-order valence-corrected chi connectivity index (χ4v) is 3.99. The van der Waals surface area contributed by atoms with Gasteiger partial charge in [-0.3, -0.25) is 4.68 Å². The van der Waals surface area contributed by atoms with E-state index in [2.05, 4.69) is 14.8 Å². The van der Waals surface area contributed by atoms with Crippen molar-refractivity contribution in [1.82, 2.24) is 19.5 Å². The first-order valence-corrected chi connectivity index (χ1v) is 9.74. The van der Waals surface area contributed by atoms with Gasteiger partial charge in [-0.25, -0.2) is 22.5 Å². The van der Waals surface area contributed by atoms with Crippen molar-refractivity contribution in [3.63, 3.8) is 0 Å². The normalized spacial score (nSPS) is 12.5. The van der Waals surface area contributed by atoms with Crippen LogP contribution in [0.2, 0.25) is 0 Å². The zero-order chi connectivity index (χ0) is 20.1. The quantitative estimate of drug-likeness (QED) is 0.616. The maximum atomic E-state index is 14.5. The molecule has 10 heteroatoms. The summed E-state index contributed by atoms with van der Waals surface area (Å²) < 4.78 is 54.5. The topological polar surface area (TPSA) is 95.3 Å². The van der Waals surface area contributed by atoms with Crippen LogP contribution in [0.1, 0.15) is 11.6 Å². The Hall–Kier alpha value is -2.98. The molecule has 8 nitrogen and oxygen atoms in total. The first-order valence-electron chi connectivity index (χ1n) is 8.26. The number of ether oxygens (including phenoxy) is 2. The van der Waals surface area contributed by atoms with Crippen molar-refractivity contribution in [2.45, 2.75) is 17.5 Å². The van der Waals surface area contributed by atoms with Gasteiger partial charge in [0, 0.05) is 12.1 Å². The second-order valence-corrected chi connectivity index (χ2v) is 7.52. The number of benzene rings is 2. The minimum atomic E-state index is -4.22. The molecule has 148 valence electrons. The van der Waals surface area contributed by atoms with Crippen LogP contribution in [0.5, 0.6) is 11.5 Å². The van der Waals surface area contributed by atoms with E-state index in [9.17, 15) is 12.8 Å². The molecule has 1 unspecified atom stereocenters. The van der Waals surface area contributed by atoms with E-state index in [4.69, 9.17) is 9.47 Å². The molecular weight excluding hydrogens is 387 g/mol. The zero-order valence-electron chi connectivity index (χ0n) is 15.2. The molecule has 3 rings (SSSR count). The van der Waals surface area contributed by atoms with Gasteiger partial charge in [0.25, 0.3) is 0 Å². The lowest BCUT2D eigenvalue weighted by Gasteiger charge is -2.20. The molecule has 1 N–H and O–H groups in total. The van der Waals surface area contributed by atoms with Crippen LogP contribution in [-0.4, -0.2) is 37.4 Å². The van der Waals surface area contributed by atoms with Gasteiger partial charge in [-0.2, -0.15) is 5.10 Å². The molecule has 0 fully saturated rings. The summed E-state index contributed by atoms with van der Waals surface area (Å²) in [5.41, 5.74) is 0.697. The Bertz CT molecular complexity index is 1030. The summed E-state index contributed by atoms with van der Waals surface area (Å²) in [5.74, 6) is -0.740. The fraction of sp³-hybridized carbons (Fsp3) is 0.222. The first kappa shape index (κ1) is 19.8. The molecule has 0 aliphatic rings. The van der Waals surface area contributed by atoms with Crippen LogP contribution in [0.15, 0.2) is 60.0 Å². The molecule has 1 atom stereocenters. The molecule has 0 saturated heterocycles. The zero-order valence-corrected chi connectivity index (χ0v) is 16.1. The highest BCUT2D eigenvalue weighted by Crippen LogP contribution is 2.32. The Morgan fingerprint density at radius 1 is 1.14 bits per heavy atom. The molecular formula is C18H19FN4O4S. The van der Waals surface area contributed by atoms with Crippen LogP contribution in [0.4, 0.5) is 4.39 Å². The van der Waals surface area contributed by atoms with Gasteiger partial charge >= 0.3 is 0 Å². The second-order valence-electron chi connectivity index (χ2n) is 5.84. The number of nitrogens with zero attached hydrogens (tertiary/aromatic N) is 3. The van der Waals surface area contributed by atoms with Crippen LogP contribution in [0.25, 0.3) is 0 Å². The van der Waals surface area contributed by atoms with Crippen molar-refractivity contribution in [2.24, 2.45) is 0 Å². The van der Waals surface area contributed by atoms with E-state index in [0.29, 0.717) is 5.56 Å². The monoisotopic (exact) mass is 406 g/mol. The van der Waals surface area contributed by atoms with Gasteiger partial charge in [0.05, 0.1) is 26.8 Å². The van der Waals surface area contributed by atoms with Crippen LogP contribution < -0.4 is 14.2 Å². The van der Waals surface area contributed by atoms with Crippen molar-refractivity contribution >= 4 is 10.0 Å². The molecule has 0 saturated carbocycles. The lowest BCUT2D eigenvalue weighted by Crippen LogP contribution is -2.32. The van der Waals surface area contributed by atoms with Crippen molar-refractivity contribution in [3.05, 3.63) is 66.5 Å². The SMILES string of the molecule is COc1cc(F)c(S(=O)(=O)NC(Cn2cncn2)c2ccccc2)cc1OC. The van der Waals surface area contributed by atoms with Crippen LogP contribution in [-0.2, 0) is 16.6 Å². The third-order valence-electron chi connectivity index (χ3n) is 4.06. The molecule has 1 aromatic heterocycles. The molecule has 0 aliphatic heterocycles. The van der Waals surface area contributed by atoms with Gasteiger partial charge < -0.3 is 9.47 Å². The summed E-state index contributed by atoms with van der Waals surface area (Å²) in [7, 11) is -1.54.